The van der Waals surface area contributed by atoms with Crippen molar-refractivity contribution in [1.82, 2.24) is 5.32 Å². The Bertz CT molecular complexity index is 93.8. The van der Waals surface area contributed by atoms with Crippen molar-refractivity contribution in [2.75, 3.05) is 13.2 Å². The van der Waals surface area contributed by atoms with Gasteiger partial charge in [0.2, 0.25) is 0 Å². The number of ether oxygens (including phenoxy) is 1. The van der Waals surface area contributed by atoms with Gasteiger partial charge in [0.05, 0.1) is 6.10 Å². The summed E-state index contributed by atoms with van der Waals surface area (Å²) < 4.78 is 5.48. The van der Waals surface area contributed by atoms with Crippen LogP contribution in [0.15, 0.2) is 0 Å². The van der Waals surface area contributed by atoms with Gasteiger partial charge in [0, 0.05) is 12.6 Å². The summed E-state index contributed by atoms with van der Waals surface area (Å²) in [6, 6.07) is 0.633. The molecule has 0 rings (SSSR count). The summed E-state index contributed by atoms with van der Waals surface area (Å²) >= 11 is 0. The van der Waals surface area contributed by atoms with E-state index in [2.05, 4.69) is 33.0 Å². The van der Waals surface area contributed by atoms with E-state index in [0.29, 0.717) is 12.1 Å². The zero-order valence-electron chi connectivity index (χ0n) is 8.89. The highest BCUT2D eigenvalue weighted by Crippen LogP contribution is 1.99. The van der Waals surface area contributed by atoms with Gasteiger partial charge in [0.1, 0.15) is 0 Å². The van der Waals surface area contributed by atoms with Gasteiger partial charge >= 0.3 is 0 Å². The maximum Gasteiger partial charge on any atom is 0.0518 e. The van der Waals surface area contributed by atoms with E-state index in [0.717, 1.165) is 19.6 Å². The summed E-state index contributed by atoms with van der Waals surface area (Å²) in [5.74, 6) is 0. The quantitative estimate of drug-likeness (QED) is 0.637. The molecule has 0 aromatic rings. The lowest BCUT2D eigenvalue weighted by atomic mass is 10.1. The second-order valence-corrected chi connectivity index (χ2v) is 3.37. The minimum atomic E-state index is 0.365. The second-order valence-electron chi connectivity index (χ2n) is 3.37. The van der Waals surface area contributed by atoms with Gasteiger partial charge in [0.15, 0.2) is 0 Å². The molecule has 0 aromatic carbocycles. The van der Waals surface area contributed by atoms with E-state index < -0.39 is 0 Å². The Morgan fingerprint density at radius 3 is 2.33 bits per heavy atom. The highest BCUT2D eigenvalue weighted by molar-refractivity contribution is 4.62. The van der Waals surface area contributed by atoms with Crippen LogP contribution in [0.1, 0.15) is 40.5 Å². The lowest BCUT2D eigenvalue weighted by Gasteiger charge is -2.16. The topological polar surface area (TPSA) is 21.3 Å². The molecule has 0 saturated heterocycles. The third kappa shape index (κ3) is 6.62. The molecule has 74 valence electrons. The Morgan fingerprint density at radius 1 is 1.25 bits per heavy atom. The van der Waals surface area contributed by atoms with Gasteiger partial charge in [-0.2, -0.15) is 0 Å². The van der Waals surface area contributed by atoms with Crippen molar-refractivity contribution in [2.45, 2.75) is 52.7 Å². The summed E-state index contributed by atoms with van der Waals surface area (Å²) in [5, 5.41) is 3.43. The van der Waals surface area contributed by atoms with Gasteiger partial charge in [-0.1, -0.05) is 13.8 Å². The van der Waals surface area contributed by atoms with E-state index in [1.807, 2.05) is 0 Å². The molecule has 0 radical (unpaired) electrons. The predicted octanol–water partition coefficient (Wildman–Crippen LogP) is 2.19. The first-order valence-corrected chi connectivity index (χ1v) is 5.05. The van der Waals surface area contributed by atoms with Gasteiger partial charge in [0.25, 0.3) is 0 Å². The summed E-state index contributed by atoms with van der Waals surface area (Å²) in [5.41, 5.74) is 0. The zero-order valence-corrected chi connectivity index (χ0v) is 8.89. The van der Waals surface area contributed by atoms with Crippen LogP contribution in [0.4, 0.5) is 0 Å². The van der Waals surface area contributed by atoms with E-state index in [4.69, 9.17) is 4.74 Å². The zero-order chi connectivity index (χ0) is 9.40. The monoisotopic (exact) mass is 173 g/mol. The lowest BCUT2D eigenvalue weighted by molar-refractivity contribution is 0.0714. The molecule has 0 amide bonds. The van der Waals surface area contributed by atoms with Crippen LogP contribution in [0.25, 0.3) is 0 Å². The van der Waals surface area contributed by atoms with Crippen molar-refractivity contribution in [3.8, 4) is 0 Å². The van der Waals surface area contributed by atoms with Crippen LogP contribution < -0.4 is 5.32 Å². The van der Waals surface area contributed by atoms with Crippen molar-refractivity contribution in [3.63, 3.8) is 0 Å². The molecule has 1 unspecified atom stereocenters. The van der Waals surface area contributed by atoms with Crippen molar-refractivity contribution in [3.05, 3.63) is 0 Å². The number of hydrogen-bond acceptors (Lipinski definition) is 2. The fourth-order valence-electron chi connectivity index (χ4n) is 1.19. The first-order chi connectivity index (χ1) is 5.70. The first kappa shape index (κ1) is 11.9. The average Bonchev–Trinajstić information content (AvgIpc) is 2.02. The van der Waals surface area contributed by atoms with Gasteiger partial charge in [-0.05, 0) is 33.2 Å². The SMILES string of the molecule is CCNC(CC)CCOC(C)C. The fourth-order valence-corrected chi connectivity index (χ4v) is 1.19. The third-order valence-electron chi connectivity index (χ3n) is 1.90. The van der Waals surface area contributed by atoms with E-state index in [-0.39, 0.29) is 0 Å². The number of nitrogens with one attached hydrogen (secondary N) is 1. The molecule has 12 heavy (non-hydrogen) atoms. The van der Waals surface area contributed by atoms with E-state index in [1.165, 1.54) is 6.42 Å². The highest BCUT2D eigenvalue weighted by atomic mass is 16.5. The normalized spacial score (nSPS) is 13.8. The largest absolute Gasteiger partial charge is 0.379 e. The van der Waals surface area contributed by atoms with E-state index in [9.17, 15) is 0 Å². The lowest BCUT2D eigenvalue weighted by Crippen LogP contribution is -2.29. The molecule has 2 heteroatoms. The van der Waals surface area contributed by atoms with Gasteiger partial charge in [-0.25, -0.2) is 0 Å². The molecule has 0 spiro atoms. The Kier molecular flexibility index (Phi) is 7.51. The summed E-state index contributed by atoms with van der Waals surface area (Å²) in [7, 11) is 0. The fraction of sp³-hybridized carbons (Fsp3) is 1.00. The maximum absolute atomic E-state index is 5.48. The Hall–Kier alpha value is -0.0800. The van der Waals surface area contributed by atoms with Gasteiger partial charge < -0.3 is 10.1 Å². The molecule has 1 atom stereocenters. The molecule has 0 aliphatic carbocycles. The highest BCUT2D eigenvalue weighted by Gasteiger charge is 2.03. The molecule has 0 aliphatic heterocycles. The standard InChI is InChI=1S/C10H23NO/c1-5-10(11-6-2)7-8-12-9(3)4/h9-11H,5-8H2,1-4H3. The molecule has 0 bridgehead atoms. The third-order valence-corrected chi connectivity index (χ3v) is 1.90. The van der Waals surface area contributed by atoms with Crippen LogP contribution in [-0.4, -0.2) is 25.3 Å². The average molecular weight is 173 g/mol. The number of rotatable bonds is 7. The smallest absolute Gasteiger partial charge is 0.0518 e. The van der Waals surface area contributed by atoms with Crippen LogP contribution in [0.5, 0.6) is 0 Å². The Morgan fingerprint density at radius 2 is 1.92 bits per heavy atom. The van der Waals surface area contributed by atoms with Crippen molar-refractivity contribution >= 4 is 0 Å². The molecule has 0 fully saturated rings. The van der Waals surface area contributed by atoms with E-state index >= 15 is 0 Å². The maximum atomic E-state index is 5.48. The summed E-state index contributed by atoms with van der Waals surface area (Å²) in [6.45, 7) is 10.4. The predicted molar refractivity (Wildman–Crippen MR) is 53.5 cm³/mol. The molecule has 0 heterocycles. The van der Waals surface area contributed by atoms with Crippen LogP contribution in [0.2, 0.25) is 0 Å². The van der Waals surface area contributed by atoms with Crippen LogP contribution in [-0.2, 0) is 4.74 Å². The van der Waals surface area contributed by atoms with Crippen molar-refractivity contribution < 1.29 is 4.74 Å². The Labute approximate surface area is 76.7 Å². The molecular formula is C10H23NO. The minimum Gasteiger partial charge on any atom is -0.379 e. The summed E-state index contributed by atoms with van der Waals surface area (Å²) in [6.07, 6.45) is 2.68. The first-order valence-electron chi connectivity index (χ1n) is 5.05. The molecule has 2 nitrogen and oxygen atoms in total. The Balaban J connectivity index is 3.31. The molecule has 1 N–H and O–H groups in total. The summed E-state index contributed by atoms with van der Waals surface area (Å²) in [4.78, 5) is 0. The van der Waals surface area contributed by atoms with Gasteiger partial charge in [-0.15, -0.1) is 0 Å². The van der Waals surface area contributed by atoms with Crippen LogP contribution in [0.3, 0.4) is 0 Å². The molecular weight excluding hydrogens is 150 g/mol. The van der Waals surface area contributed by atoms with Crippen LogP contribution >= 0.6 is 0 Å². The van der Waals surface area contributed by atoms with E-state index in [1.54, 1.807) is 0 Å². The van der Waals surface area contributed by atoms with Crippen molar-refractivity contribution in [2.24, 2.45) is 0 Å². The second kappa shape index (κ2) is 7.56. The van der Waals surface area contributed by atoms with Gasteiger partial charge in [-0.3, -0.25) is 0 Å². The number of hydrogen-bond donors (Lipinski definition) is 1. The molecule has 0 aromatic heterocycles. The molecule has 0 saturated carbocycles. The minimum absolute atomic E-state index is 0.365. The van der Waals surface area contributed by atoms with Crippen LogP contribution in [0, 0.1) is 0 Å². The molecule has 0 aliphatic rings. The van der Waals surface area contributed by atoms with Crippen molar-refractivity contribution in [1.29, 1.82) is 0 Å².